The summed E-state index contributed by atoms with van der Waals surface area (Å²) in [5.74, 6) is 0.791. The van der Waals surface area contributed by atoms with E-state index in [9.17, 15) is 0 Å². The molecule has 1 fully saturated rings. The summed E-state index contributed by atoms with van der Waals surface area (Å²) in [5.41, 5.74) is 8.04. The molecule has 1 unspecified atom stereocenters. The van der Waals surface area contributed by atoms with Gasteiger partial charge in [-0.3, -0.25) is 0 Å². The molecule has 1 aliphatic heterocycles. The number of unbranched alkanes of at least 4 members (excludes halogenated alkanes) is 1. The highest BCUT2D eigenvalue weighted by Crippen LogP contribution is 2.23. The fourth-order valence-corrected chi connectivity index (χ4v) is 3.25. The molecule has 1 aromatic carbocycles. The maximum Gasteiger partial charge on any atom is 0.142 e. The van der Waals surface area contributed by atoms with Gasteiger partial charge in [-0.05, 0) is 89.8 Å². The van der Waals surface area contributed by atoms with Gasteiger partial charge in [-0.15, -0.1) is 0 Å². The molecule has 0 radical (unpaired) electrons. The average Bonchev–Trinajstić information content (AvgIpc) is 3.03. The van der Waals surface area contributed by atoms with E-state index in [4.69, 9.17) is 10.5 Å². The van der Waals surface area contributed by atoms with Crippen molar-refractivity contribution >= 4 is 5.69 Å². The number of likely N-dealkylation sites (tertiary alicyclic amines) is 1. The zero-order chi connectivity index (χ0) is 16.5. The molecular formula is C19H33N3O. The first kappa shape index (κ1) is 18.1. The largest absolute Gasteiger partial charge is 0.492 e. The van der Waals surface area contributed by atoms with Crippen LogP contribution < -0.4 is 15.8 Å². The summed E-state index contributed by atoms with van der Waals surface area (Å²) < 4.78 is 5.49. The zero-order valence-electron chi connectivity index (χ0n) is 14.8. The minimum Gasteiger partial charge on any atom is -0.492 e. The number of hydrogen-bond acceptors (Lipinski definition) is 4. The molecule has 1 aromatic rings. The minimum atomic E-state index is 0.471. The van der Waals surface area contributed by atoms with Crippen molar-refractivity contribution in [2.75, 3.05) is 38.5 Å². The Morgan fingerprint density at radius 3 is 2.74 bits per heavy atom. The van der Waals surface area contributed by atoms with Crippen LogP contribution in [-0.2, 0) is 6.42 Å². The molecule has 0 bridgehead atoms. The molecule has 4 heteroatoms. The monoisotopic (exact) mass is 319 g/mol. The van der Waals surface area contributed by atoms with E-state index in [1.165, 1.54) is 50.9 Å². The molecule has 0 aromatic heterocycles. The van der Waals surface area contributed by atoms with Crippen LogP contribution in [0.2, 0.25) is 0 Å². The van der Waals surface area contributed by atoms with Crippen molar-refractivity contribution < 1.29 is 4.74 Å². The van der Waals surface area contributed by atoms with Gasteiger partial charge < -0.3 is 20.7 Å². The predicted molar refractivity (Wildman–Crippen MR) is 98.1 cm³/mol. The molecule has 0 amide bonds. The molecule has 3 N–H and O–H groups in total. The summed E-state index contributed by atoms with van der Waals surface area (Å²) in [6, 6.07) is 6.61. The summed E-state index contributed by atoms with van der Waals surface area (Å²) in [5, 5.41) is 3.63. The van der Waals surface area contributed by atoms with Crippen LogP contribution in [0, 0.1) is 0 Å². The number of nitrogens with zero attached hydrogens (tertiary/aromatic N) is 1. The fourth-order valence-electron chi connectivity index (χ4n) is 3.25. The second kappa shape index (κ2) is 9.78. The zero-order valence-corrected chi connectivity index (χ0v) is 14.8. The highest BCUT2D eigenvalue weighted by atomic mass is 16.5. The van der Waals surface area contributed by atoms with E-state index in [1.807, 2.05) is 19.1 Å². The van der Waals surface area contributed by atoms with E-state index in [0.29, 0.717) is 12.6 Å². The standard InChI is InChI=1S/C19H33N3O/c1-3-23-19-9-8-17(15-18(19)20)14-16(2)21-10-4-5-11-22-12-6-7-13-22/h8-9,15-16,21H,3-7,10-14,20H2,1-2H3. The molecule has 1 saturated heterocycles. The Balaban J connectivity index is 1.62. The van der Waals surface area contributed by atoms with Gasteiger partial charge >= 0.3 is 0 Å². The first-order valence-corrected chi connectivity index (χ1v) is 9.16. The smallest absolute Gasteiger partial charge is 0.142 e. The number of rotatable bonds is 10. The Hall–Kier alpha value is -1.26. The van der Waals surface area contributed by atoms with Crippen LogP contribution in [0.5, 0.6) is 5.75 Å². The van der Waals surface area contributed by atoms with Crippen LogP contribution in [-0.4, -0.2) is 43.7 Å². The predicted octanol–water partition coefficient (Wildman–Crippen LogP) is 3.06. The maximum absolute atomic E-state index is 6.03. The summed E-state index contributed by atoms with van der Waals surface area (Å²) in [6.45, 7) is 9.86. The lowest BCUT2D eigenvalue weighted by atomic mass is 10.1. The lowest BCUT2D eigenvalue weighted by molar-refractivity contribution is 0.328. The number of nitrogen functional groups attached to an aromatic ring is 1. The molecule has 130 valence electrons. The Kier molecular flexibility index (Phi) is 7.69. The molecule has 0 aliphatic carbocycles. The lowest BCUT2D eigenvalue weighted by Gasteiger charge is -2.17. The molecule has 1 atom stereocenters. The molecule has 0 saturated carbocycles. The third-order valence-electron chi connectivity index (χ3n) is 4.51. The van der Waals surface area contributed by atoms with Crippen molar-refractivity contribution in [3.63, 3.8) is 0 Å². The van der Waals surface area contributed by atoms with Crippen molar-refractivity contribution in [3.05, 3.63) is 23.8 Å². The van der Waals surface area contributed by atoms with Crippen molar-refractivity contribution in [1.82, 2.24) is 10.2 Å². The molecule has 2 rings (SSSR count). The highest BCUT2D eigenvalue weighted by Gasteiger charge is 2.10. The first-order chi connectivity index (χ1) is 11.2. The SMILES string of the molecule is CCOc1ccc(CC(C)NCCCCN2CCCC2)cc1N. The summed E-state index contributed by atoms with van der Waals surface area (Å²) in [7, 11) is 0. The third-order valence-corrected chi connectivity index (χ3v) is 4.51. The van der Waals surface area contributed by atoms with E-state index in [-0.39, 0.29) is 0 Å². The highest BCUT2D eigenvalue weighted by molar-refractivity contribution is 5.54. The Morgan fingerprint density at radius 1 is 1.26 bits per heavy atom. The van der Waals surface area contributed by atoms with Gasteiger partial charge in [-0.25, -0.2) is 0 Å². The number of nitrogens with two attached hydrogens (primary N) is 1. The second-order valence-electron chi connectivity index (χ2n) is 6.62. The van der Waals surface area contributed by atoms with Crippen molar-refractivity contribution in [2.45, 2.75) is 52.0 Å². The molecule has 1 aliphatic rings. The lowest BCUT2D eigenvalue weighted by Crippen LogP contribution is -2.29. The van der Waals surface area contributed by atoms with Gasteiger partial charge in [0.15, 0.2) is 0 Å². The van der Waals surface area contributed by atoms with Crippen LogP contribution in [0.25, 0.3) is 0 Å². The van der Waals surface area contributed by atoms with Crippen molar-refractivity contribution in [2.24, 2.45) is 0 Å². The first-order valence-electron chi connectivity index (χ1n) is 9.16. The number of anilines is 1. The van der Waals surface area contributed by atoms with E-state index in [0.717, 1.165) is 24.4 Å². The Labute approximate surface area is 141 Å². The summed E-state index contributed by atoms with van der Waals surface area (Å²) in [6.07, 6.45) is 6.34. The van der Waals surface area contributed by atoms with E-state index >= 15 is 0 Å². The van der Waals surface area contributed by atoms with Crippen molar-refractivity contribution in [3.8, 4) is 5.75 Å². The Morgan fingerprint density at radius 2 is 2.04 bits per heavy atom. The average molecular weight is 319 g/mol. The van der Waals surface area contributed by atoms with Gasteiger partial charge in [0.05, 0.1) is 12.3 Å². The van der Waals surface area contributed by atoms with E-state index < -0.39 is 0 Å². The second-order valence-corrected chi connectivity index (χ2v) is 6.62. The third kappa shape index (κ3) is 6.40. The minimum absolute atomic E-state index is 0.471. The van der Waals surface area contributed by atoms with Gasteiger partial charge in [0, 0.05) is 6.04 Å². The quantitative estimate of drug-likeness (QED) is 0.514. The maximum atomic E-state index is 6.03. The van der Waals surface area contributed by atoms with Gasteiger partial charge in [0.1, 0.15) is 5.75 Å². The van der Waals surface area contributed by atoms with Gasteiger partial charge in [-0.1, -0.05) is 6.07 Å². The number of ether oxygens (including phenoxy) is 1. The van der Waals surface area contributed by atoms with Gasteiger partial charge in [0.25, 0.3) is 0 Å². The molecule has 0 spiro atoms. The fraction of sp³-hybridized carbons (Fsp3) is 0.684. The van der Waals surface area contributed by atoms with Gasteiger partial charge in [-0.2, -0.15) is 0 Å². The van der Waals surface area contributed by atoms with Crippen LogP contribution in [0.4, 0.5) is 5.69 Å². The van der Waals surface area contributed by atoms with Crippen LogP contribution in [0.15, 0.2) is 18.2 Å². The summed E-state index contributed by atoms with van der Waals surface area (Å²) in [4.78, 5) is 2.59. The molecule has 4 nitrogen and oxygen atoms in total. The number of benzene rings is 1. The normalized spacial score (nSPS) is 16.6. The van der Waals surface area contributed by atoms with Crippen LogP contribution in [0.1, 0.15) is 45.1 Å². The number of nitrogens with one attached hydrogen (secondary N) is 1. The van der Waals surface area contributed by atoms with Crippen molar-refractivity contribution in [1.29, 1.82) is 0 Å². The number of hydrogen-bond donors (Lipinski definition) is 2. The van der Waals surface area contributed by atoms with Gasteiger partial charge in [0.2, 0.25) is 0 Å². The van der Waals surface area contributed by atoms with Crippen LogP contribution >= 0.6 is 0 Å². The van der Waals surface area contributed by atoms with E-state index in [1.54, 1.807) is 0 Å². The molecular weight excluding hydrogens is 286 g/mol. The molecule has 1 heterocycles. The topological polar surface area (TPSA) is 50.5 Å². The summed E-state index contributed by atoms with van der Waals surface area (Å²) >= 11 is 0. The molecule has 23 heavy (non-hydrogen) atoms. The van der Waals surface area contributed by atoms with E-state index in [2.05, 4.69) is 23.2 Å². The van der Waals surface area contributed by atoms with Crippen LogP contribution in [0.3, 0.4) is 0 Å². The Bertz CT molecular complexity index is 458.